The summed E-state index contributed by atoms with van der Waals surface area (Å²) in [5, 5.41) is -1.20. The van der Waals surface area contributed by atoms with E-state index >= 15 is 0 Å². The molecule has 276 valence electrons. The van der Waals surface area contributed by atoms with E-state index in [0.29, 0.717) is 12.5 Å². The summed E-state index contributed by atoms with van der Waals surface area (Å²) in [4.78, 5) is 16.7. The third-order valence-corrected chi connectivity index (χ3v) is 9.25. The molecule has 1 heterocycles. The number of allylic oxidation sites excluding steroid dienone is 2. The SMILES string of the molecule is CC(COc1ccc(Oc2ccccc2)cc1)Oc1ccccn1.Cc1c(COC(=O)[C@@H]2[C@H](/C=C(\Cl)C(F)(F)F)C2(C)C)cccc1-c1ccccc1. The summed E-state index contributed by atoms with van der Waals surface area (Å²) in [6.07, 6.45) is -2.08. The Bertz CT molecular complexity index is 1950. The van der Waals surface area contributed by atoms with Crippen LogP contribution in [0, 0.1) is 24.2 Å². The first-order valence-electron chi connectivity index (χ1n) is 17.1. The number of nitrogens with zero attached hydrogens (tertiary/aromatic N) is 1. The second kappa shape index (κ2) is 17.5. The number of pyridine rings is 1. The minimum absolute atomic E-state index is 0.0708. The number of para-hydroxylation sites is 1. The first-order valence-corrected chi connectivity index (χ1v) is 17.5. The van der Waals surface area contributed by atoms with Gasteiger partial charge >= 0.3 is 12.1 Å². The van der Waals surface area contributed by atoms with Gasteiger partial charge in [0.05, 0.1) is 5.92 Å². The third kappa shape index (κ3) is 10.9. The predicted molar refractivity (Wildman–Crippen MR) is 200 cm³/mol. The maximum atomic E-state index is 12.7. The van der Waals surface area contributed by atoms with E-state index in [-0.39, 0.29) is 12.7 Å². The van der Waals surface area contributed by atoms with Crippen LogP contribution in [0.1, 0.15) is 31.9 Å². The minimum atomic E-state index is -4.61. The highest BCUT2D eigenvalue weighted by Gasteiger charge is 2.62. The Morgan fingerprint density at radius 2 is 1.47 bits per heavy atom. The Labute approximate surface area is 313 Å². The van der Waals surface area contributed by atoms with Crippen molar-refractivity contribution in [2.45, 2.75) is 46.6 Å². The Kier molecular flexibility index (Phi) is 12.9. The number of carbonyl (C=O) groups is 1. The molecule has 3 atom stereocenters. The lowest BCUT2D eigenvalue weighted by Crippen LogP contribution is -2.21. The number of hydrogen-bond donors (Lipinski definition) is 0. The van der Waals surface area contributed by atoms with E-state index in [1.807, 2.05) is 135 Å². The van der Waals surface area contributed by atoms with Crippen LogP contribution in [0.4, 0.5) is 13.2 Å². The van der Waals surface area contributed by atoms with Gasteiger partial charge in [0.15, 0.2) is 0 Å². The van der Waals surface area contributed by atoms with Gasteiger partial charge in [0.2, 0.25) is 5.88 Å². The van der Waals surface area contributed by atoms with Gasteiger partial charge in [-0.2, -0.15) is 13.2 Å². The largest absolute Gasteiger partial charge is 0.490 e. The molecule has 0 radical (unpaired) electrons. The van der Waals surface area contributed by atoms with Gasteiger partial charge in [0, 0.05) is 12.3 Å². The van der Waals surface area contributed by atoms with E-state index in [2.05, 4.69) is 4.98 Å². The number of aromatic nitrogens is 1. The highest BCUT2D eigenvalue weighted by atomic mass is 35.5. The molecule has 1 saturated carbocycles. The highest BCUT2D eigenvalue weighted by Crippen LogP contribution is 2.60. The van der Waals surface area contributed by atoms with Crippen LogP contribution in [-0.4, -0.2) is 29.8 Å². The quantitative estimate of drug-likeness (QED) is 0.119. The third-order valence-electron chi connectivity index (χ3n) is 8.91. The van der Waals surface area contributed by atoms with Crippen LogP contribution in [0.25, 0.3) is 11.1 Å². The van der Waals surface area contributed by atoms with Crippen molar-refractivity contribution in [3.05, 3.63) is 150 Å². The number of hydrogen-bond acceptors (Lipinski definition) is 6. The summed E-state index contributed by atoms with van der Waals surface area (Å²) in [6.45, 7) is 7.89. The van der Waals surface area contributed by atoms with E-state index in [0.717, 1.165) is 45.6 Å². The Morgan fingerprint density at radius 3 is 2.11 bits per heavy atom. The number of esters is 1. The summed E-state index contributed by atoms with van der Waals surface area (Å²) < 4.78 is 60.7. The zero-order valence-electron chi connectivity index (χ0n) is 29.8. The molecule has 0 N–H and O–H groups in total. The van der Waals surface area contributed by atoms with Gasteiger partial charge in [-0.15, -0.1) is 0 Å². The van der Waals surface area contributed by atoms with Gasteiger partial charge in [-0.1, -0.05) is 104 Å². The molecule has 1 unspecified atom stereocenters. The molecule has 1 aliphatic rings. The smallest absolute Gasteiger partial charge is 0.426 e. The van der Waals surface area contributed by atoms with Gasteiger partial charge in [0.1, 0.15) is 41.6 Å². The molecule has 1 aromatic heterocycles. The van der Waals surface area contributed by atoms with Crippen LogP contribution in [0.5, 0.6) is 23.1 Å². The molecule has 0 saturated heterocycles. The molecule has 53 heavy (non-hydrogen) atoms. The molecule has 0 spiro atoms. The lowest BCUT2D eigenvalue weighted by Gasteiger charge is -2.15. The zero-order valence-corrected chi connectivity index (χ0v) is 30.6. The second-order valence-electron chi connectivity index (χ2n) is 13.2. The first-order chi connectivity index (χ1) is 25.3. The molecular formula is C43H41ClF3NO5. The molecule has 4 aromatic carbocycles. The molecule has 5 aromatic rings. The Hall–Kier alpha value is -5.28. The van der Waals surface area contributed by atoms with Crippen molar-refractivity contribution in [1.29, 1.82) is 0 Å². The van der Waals surface area contributed by atoms with Crippen LogP contribution >= 0.6 is 11.6 Å². The van der Waals surface area contributed by atoms with Crippen LogP contribution in [0.3, 0.4) is 0 Å². The fourth-order valence-electron chi connectivity index (χ4n) is 5.80. The number of ether oxygens (including phenoxy) is 4. The monoisotopic (exact) mass is 743 g/mol. The zero-order chi connectivity index (χ0) is 38.0. The second-order valence-corrected chi connectivity index (χ2v) is 13.6. The maximum absolute atomic E-state index is 12.7. The van der Waals surface area contributed by atoms with Crippen molar-refractivity contribution in [3.8, 4) is 34.3 Å². The molecule has 6 rings (SSSR count). The van der Waals surface area contributed by atoms with Crippen LogP contribution < -0.4 is 14.2 Å². The summed E-state index contributed by atoms with van der Waals surface area (Å²) in [7, 11) is 0. The number of benzene rings is 4. The van der Waals surface area contributed by atoms with Crippen molar-refractivity contribution >= 4 is 17.6 Å². The molecule has 1 aliphatic carbocycles. The number of alkyl halides is 3. The average molecular weight is 744 g/mol. The van der Waals surface area contributed by atoms with E-state index in [1.54, 1.807) is 20.0 Å². The highest BCUT2D eigenvalue weighted by molar-refractivity contribution is 6.30. The molecule has 6 nitrogen and oxygen atoms in total. The molecule has 0 aliphatic heterocycles. The van der Waals surface area contributed by atoms with Crippen molar-refractivity contribution in [2.75, 3.05) is 6.61 Å². The number of rotatable bonds is 12. The Morgan fingerprint density at radius 1 is 0.849 bits per heavy atom. The van der Waals surface area contributed by atoms with Crippen molar-refractivity contribution in [2.24, 2.45) is 17.3 Å². The summed E-state index contributed by atoms with van der Waals surface area (Å²) in [6, 6.07) is 38.4. The normalized spacial score (nSPS) is 16.7. The van der Waals surface area contributed by atoms with Crippen molar-refractivity contribution in [1.82, 2.24) is 4.98 Å². The summed E-state index contributed by atoms with van der Waals surface area (Å²) in [5.74, 6) is 1.20. The van der Waals surface area contributed by atoms with Gasteiger partial charge in [-0.3, -0.25) is 4.79 Å². The maximum Gasteiger partial charge on any atom is 0.426 e. The van der Waals surface area contributed by atoms with Crippen molar-refractivity contribution in [3.63, 3.8) is 0 Å². The average Bonchev–Trinajstić information content (AvgIpc) is 3.70. The number of halogens is 4. The molecule has 10 heteroatoms. The predicted octanol–water partition coefficient (Wildman–Crippen LogP) is 11.4. The molecular weight excluding hydrogens is 703 g/mol. The first kappa shape index (κ1) is 38.9. The molecule has 0 amide bonds. The number of carbonyl (C=O) groups excluding carboxylic acids is 1. The van der Waals surface area contributed by atoms with E-state index in [4.69, 9.17) is 30.5 Å². The minimum Gasteiger partial charge on any atom is -0.490 e. The lowest BCUT2D eigenvalue weighted by atomic mass is 9.97. The molecule has 0 bridgehead atoms. The van der Waals surface area contributed by atoms with E-state index in [9.17, 15) is 18.0 Å². The molecule has 1 fully saturated rings. The van der Waals surface area contributed by atoms with Crippen LogP contribution in [0.2, 0.25) is 0 Å². The fraction of sp³-hybridized carbons (Fsp3) is 0.256. The van der Waals surface area contributed by atoms with E-state index < -0.39 is 34.4 Å². The summed E-state index contributed by atoms with van der Waals surface area (Å²) >= 11 is 5.34. The summed E-state index contributed by atoms with van der Waals surface area (Å²) in [5.41, 5.74) is 3.34. The van der Waals surface area contributed by atoms with Gasteiger partial charge < -0.3 is 18.9 Å². The topological polar surface area (TPSA) is 66.9 Å². The lowest BCUT2D eigenvalue weighted by molar-refractivity contribution is -0.147. The van der Waals surface area contributed by atoms with Crippen LogP contribution in [-0.2, 0) is 16.1 Å². The van der Waals surface area contributed by atoms with Crippen molar-refractivity contribution < 1.29 is 36.9 Å². The fourth-order valence-corrected chi connectivity index (χ4v) is 5.93. The Balaban J connectivity index is 0.000000208. The van der Waals surface area contributed by atoms with Gasteiger partial charge in [-0.25, -0.2) is 4.98 Å². The standard InChI is InChI=1S/C23H22ClF3O2.C20H19NO3/c1-14-16(10-7-11-17(14)15-8-5-4-6-9-15)13-29-21(28)20-18(22(20,2)3)12-19(24)23(25,26)27;1-16(23-20-9-5-6-14-21-20)15-22-17-10-12-19(13-11-17)24-18-7-3-2-4-8-18/h4-12,18,20H,13H2,1-3H3;2-14,16H,15H2,1H3/b19-12-;/t18-,20-;/m0./s1. The van der Waals surface area contributed by atoms with E-state index in [1.165, 1.54) is 0 Å². The van der Waals surface area contributed by atoms with Gasteiger partial charge in [0.25, 0.3) is 0 Å². The van der Waals surface area contributed by atoms with Gasteiger partial charge in [-0.05, 0) is 89.9 Å². The van der Waals surface area contributed by atoms with Crippen LogP contribution in [0.15, 0.2) is 139 Å².